The summed E-state index contributed by atoms with van der Waals surface area (Å²) in [5.41, 5.74) is 0.562. The molecule has 0 atom stereocenters. The molecule has 2 nitrogen and oxygen atoms in total. The molecule has 0 unspecified atom stereocenters. The Morgan fingerprint density at radius 3 is 2.29 bits per heavy atom. The second-order valence-corrected chi connectivity index (χ2v) is 4.76. The van der Waals surface area contributed by atoms with Gasteiger partial charge in [-0.2, -0.15) is 0 Å². The van der Waals surface area contributed by atoms with Gasteiger partial charge in [0.25, 0.3) is 0 Å². The standard InChI is InChI=1S/C13H17F2NO/c1-16(10-4-2-3-5-10)8-9-6-11(14)13(17)12(15)7-9/h6-7,10,17H,2-5,8H2,1H3. The summed E-state index contributed by atoms with van der Waals surface area (Å²) in [6.45, 7) is 0.513. The third-order valence-corrected chi connectivity index (χ3v) is 3.46. The topological polar surface area (TPSA) is 23.5 Å². The lowest BCUT2D eigenvalue weighted by molar-refractivity contribution is 0.236. The first-order chi connectivity index (χ1) is 8.08. The highest BCUT2D eigenvalue weighted by Crippen LogP contribution is 2.26. The Balaban J connectivity index is 2.07. The maximum Gasteiger partial charge on any atom is 0.187 e. The molecule has 1 N–H and O–H groups in total. The summed E-state index contributed by atoms with van der Waals surface area (Å²) in [7, 11) is 1.97. The fraction of sp³-hybridized carbons (Fsp3) is 0.538. The van der Waals surface area contributed by atoms with Gasteiger partial charge in [0, 0.05) is 12.6 Å². The molecule has 1 saturated carbocycles. The van der Waals surface area contributed by atoms with E-state index in [0.717, 1.165) is 12.8 Å². The second kappa shape index (κ2) is 5.00. The van der Waals surface area contributed by atoms with E-state index >= 15 is 0 Å². The monoisotopic (exact) mass is 241 g/mol. The largest absolute Gasteiger partial charge is 0.503 e. The zero-order valence-corrected chi connectivity index (χ0v) is 9.92. The van der Waals surface area contributed by atoms with Gasteiger partial charge in [-0.05, 0) is 37.6 Å². The average Bonchev–Trinajstić information content (AvgIpc) is 2.79. The van der Waals surface area contributed by atoms with Crippen LogP contribution >= 0.6 is 0 Å². The van der Waals surface area contributed by atoms with Crippen molar-refractivity contribution in [3.8, 4) is 5.75 Å². The molecule has 0 saturated heterocycles. The summed E-state index contributed by atoms with van der Waals surface area (Å²) in [6.07, 6.45) is 4.76. The minimum Gasteiger partial charge on any atom is -0.503 e. The molecule has 1 aromatic rings. The lowest BCUT2D eigenvalue weighted by Crippen LogP contribution is -2.28. The predicted octanol–water partition coefficient (Wildman–Crippen LogP) is 3.04. The maximum absolute atomic E-state index is 13.2. The van der Waals surface area contributed by atoms with Crippen molar-refractivity contribution in [1.29, 1.82) is 0 Å². The zero-order valence-electron chi connectivity index (χ0n) is 9.92. The predicted molar refractivity (Wildman–Crippen MR) is 61.7 cm³/mol. The first kappa shape index (κ1) is 12.3. The number of aromatic hydroxyl groups is 1. The van der Waals surface area contributed by atoms with Crippen molar-refractivity contribution in [2.45, 2.75) is 38.3 Å². The number of halogens is 2. The summed E-state index contributed by atoms with van der Waals surface area (Å²) < 4.78 is 26.3. The summed E-state index contributed by atoms with van der Waals surface area (Å²) in [5.74, 6) is -2.67. The Morgan fingerprint density at radius 1 is 1.24 bits per heavy atom. The molecule has 17 heavy (non-hydrogen) atoms. The Hall–Kier alpha value is -1.16. The number of hydrogen-bond donors (Lipinski definition) is 1. The lowest BCUT2D eigenvalue weighted by atomic mass is 10.1. The molecule has 0 spiro atoms. The van der Waals surface area contributed by atoms with E-state index in [0.29, 0.717) is 18.2 Å². The van der Waals surface area contributed by atoms with E-state index in [1.165, 1.54) is 25.0 Å². The van der Waals surface area contributed by atoms with E-state index in [4.69, 9.17) is 5.11 Å². The van der Waals surface area contributed by atoms with E-state index in [1.54, 1.807) is 0 Å². The van der Waals surface area contributed by atoms with Crippen molar-refractivity contribution < 1.29 is 13.9 Å². The summed E-state index contributed by atoms with van der Waals surface area (Å²) in [6, 6.07) is 2.91. The van der Waals surface area contributed by atoms with Gasteiger partial charge in [-0.25, -0.2) is 8.78 Å². The maximum atomic E-state index is 13.2. The van der Waals surface area contributed by atoms with Crippen LogP contribution in [0.3, 0.4) is 0 Å². The highest BCUT2D eigenvalue weighted by Gasteiger charge is 2.20. The second-order valence-electron chi connectivity index (χ2n) is 4.76. The van der Waals surface area contributed by atoms with Crippen LogP contribution in [0.4, 0.5) is 8.78 Å². The Bertz CT molecular complexity index is 379. The molecule has 4 heteroatoms. The number of rotatable bonds is 3. The van der Waals surface area contributed by atoms with E-state index in [-0.39, 0.29) is 0 Å². The SMILES string of the molecule is CN(Cc1cc(F)c(O)c(F)c1)C1CCCC1. The van der Waals surface area contributed by atoms with Crippen molar-refractivity contribution in [1.82, 2.24) is 4.90 Å². The van der Waals surface area contributed by atoms with Crippen molar-refractivity contribution in [2.24, 2.45) is 0 Å². The zero-order chi connectivity index (χ0) is 12.4. The molecule has 1 aliphatic carbocycles. The molecule has 0 heterocycles. The third-order valence-electron chi connectivity index (χ3n) is 3.46. The van der Waals surface area contributed by atoms with Crippen LogP contribution in [-0.2, 0) is 6.54 Å². The first-order valence-electron chi connectivity index (χ1n) is 5.95. The fourth-order valence-electron chi connectivity index (χ4n) is 2.47. The quantitative estimate of drug-likeness (QED) is 0.879. The first-order valence-corrected chi connectivity index (χ1v) is 5.95. The molecular weight excluding hydrogens is 224 g/mol. The van der Waals surface area contributed by atoms with Crippen LogP contribution in [0.5, 0.6) is 5.75 Å². The number of phenolic OH excluding ortho intramolecular Hbond substituents is 1. The molecule has 0 aromatic heterocycles. The van der Waals surface area contributed by atoms with E-state index in [2.05, 4.69) is 4.90 Å². The molecule has 0 aliphatic heterocycles. The highest BCUT2D eigenvalue weighted by molar-refractivity contribution is 5.30. The van der Waals surface area contributed by atoms with Gasteiger partial charge >= 0.3 is 0 Å². The van der Waals surface area contributed by atoms with Crippen molar-refractivity contribution in [2.75, 3.05) is 7.05 Å². The Labute approximate surface area is 99.9 Å². The molecule has 2 rings (SSSR count). The average molecular weight is 241 g/mol. The molecule has 94 valence electrons. The van der Waals surface area contributed by atoms with Gasteiger partial charge in [-0.3, -0.25) is 4.90 Å². The van der Waals surface area contributed by atoms with Gasteiger partial charge in [0.2, 0.25) is 0 Å². The summed E-state index contributed by atoms with van der Waals surface area (Å²) in [4.78, 5) is 2.12. The summed E-state index contributed by atoms with van der Waals surface area (Å²) >= 11 is 0. The van der Waals surface area contributed by atoms with Crippen LogP contribution in [0.1, 0.15) is 31.2 Å². The molecular formula is C13H17F2NO. The molecule has 1 aliphatic rings. The van der Waals surface area contributed by atoms with Crippen LogP contribution in [0.15, 0.2) is 12.1 Å². The molecule has 1 fully saturated rings. The number of benzene rings is 1. The molecule has 0 amide bonds. The molecule has 0 bridgehead atoms. The normalized spacial score (nSPS) is 16.9. The van der Waals surface area contributed by atoms with Crippen LogP contribution in [-0.4, -0.2) is 23.1 Å². The van der Waals surface area contributed by atoms with Gasteiger partial charge < -0.3 is 5.11 Å². The smallest absolute Gasteiger partial charge is 0.187 e. The summed E-state index contributed by atoms with van der Waals surface area (Å²) in [5, 5.41) is 9.01. The van der Waals surface area contributed by atoms with E-state index in [9.17, 15) is 8.78 Å². The van der Waals surface area contributed by atoms with Gasteiger partial charge in [0.05, 0.1) is 0 Å². The Morgan fingerprint density at radius 2 is 1.76 bits per heavy atom. The number of phenols is 1. The van der Waals surface area contributed by atoms with E-state index < -0.39 is 17.4 Å². The van der Waals surface area contributed by atoms with Gasteiger partial charge in [-0.15, -0.1) is 0 Å². The van der Waals surface area contributed by atoms with Crippen molar-refractivity contribution in [3.05, 3.63) is 29.3 Å². The van der Waals surface area contributed by atoms with Crippen molar-refractivity contribution >= 4 is 0 Å². The molecule has 1 aromatic carbocycles. The van der Waals surface area contributed by atoms with Crippen LogP contribution in [0.25, 0.3) is 0 Å². The minimum atomic E-state index is -0.891. The number of hydrogen-bond acceptors (Lipinski definition) is 2. The van der Waals surface area contributed by atoms with Gasteiger partial charge in [0.1, 0.15) is 0 Å². The lowest BCUT2D eigenvalue weighted by Gasteiger charge is -2.24. The highest BCUT2D eigenvalue weighted by atomic mass is 19.1. The van der Waals surface area contributed by atoms with Crippen molar-refractivity contribution in [3.63, 3.8) is 0 Å². The van der Waals surface area contributed by atoms with Crippen LogP contribution < -0.4 is 0 Å². The van der Waals surface area contributed by atoms with Gasteiger partial charge in [-0.1, -0.05) is 12.8 Å². The number of nitrogens with zero attached hydrogens (tertiary/aromatic N) is 1. The van der Waals surface area contributed by atoms with Gasteiger partial charge in [0.15, 0.2) is 17.4 Å². The minimum absolute atomic E-state index is 0.509. The molecule has 0 radical (unpaired) electrons. The Kier molecular flexibility index (Phi) is 3.62. The third kappa shape index (κ3) is 2.75. The van der Waals surface area contributed by atoms with Crippen LogP contribution in [0, 0.1) is 11.6 Å². The van der Waals surface area contributed by atoms with Crippen LogP contribution in [0.2, 0.25) is 0 Å². The van der Waals surface area contributed by atoms with E-state index in [1.807, 2.05) is 7.05 Å². The fourth-order valence-corrected chi connectivity index (χ4v) is 2.47.